The van der Waals surface area contributed by atoms with Crippen molar-refractivity contribution in [2.45, 2.75) is 38.1 Å². The topological polar surface area (TPSA) is 40.5 Å². The van der Waals surface area contributed by atoms with Gasteiger partial charge in [0, 0.05) is 6.54 Å². The predicted molar refractivity (Wildman–Crippen MR) is 58.7 cm³/mol. The average molecular weight is 209 g/mol. The summed E-state index contributed by atoms with van der Waals surface area (Å²) in [4.78, 5) is 13.2. The van der Waals surface area contributed by atoms with Crippen LogP contribution in [0, 0.1) is 5.92 Å². The lowest BCUT2D eigenvalue weighted by Gasteiger charge is -2.27. The van der Waals surface area contributed by atoms with E-state index in [1.807, 2.05) is 0 Å². The number of aliphatic carboxylic acids is 1. The van der Waals surface area contributed by atoms with Gasteiger partial charge in [0.1, 0.15) is 6.04 Å². The lowest BCUT2D eigenvalue weighted by molar-refractivity contribution is -0.142. The number of hydrogen-bond donors (Lipinski definition) is 1. The second-order valence-corrected chi connectivity index (χ2v) is 4.64. The summed E-state index contributed by atoms with van der Waals surface area (Å²) >= 11 is 0. The summed E-state index contributed by atoms with van der Waals surface area (Å²) in [6, 6.07) is -0.212. The first-order valence-electron chi connectivity index (χ1n) is 5.89. The van der Waals surface area contributed by atoms with Crippen LogP contribution >= 0.6 is 0 Å². The molecule has 2 atom stereocenters. The highest BCUT2D eigenvalue weighted by Crippen LogP contribution is 2.24. The van der Waals surface area contributed by atoms with Crippen molar-refractivity contribution in [3.63, 3.8) is 0 Å². The number of nitrogens with zero attached hydrogens (tertiary/aromatic N) is 1. The number of carboxylic acid groups (broad SMARTS) is 1. The summed E-state index contributed by atoms with van der Waals surface area (Å²) in [7, 11) is 0. The quantitative estimate of drug-likeness (QED) is 0.722. The zero-order valence-corrected chi connectivity index (χ0v) is 9.06. The van der Waals surface area contributed by atoms with Crippen LogP contribution in [-0.4, -0.2) is 35.1 Å². The minimum absolute atomic E-state index is 0.212. The first-order valence-corrected chi connectivity index (χ1v) is 5.89. The SMILES string of the molecule is O=C(O)[C@@H]1CCCN1CC1CC=CCC1. The number of hydrogen-bond acceptors (Lipinski definition) is 2. The molecule has 0 bridgehead atoms. The van der Waals surface area contributed by atoms with Crippen LogP contribution in [0.4, 0.5) is 0 Å². The van der Waals surface area contributed by atoms with Gasteiger partial charge in [0.25, 0.3) is 0 Å². The van der Waals surface area contributed by atoms with E-state index in [1.165, 1.54) is 6.42 Å². The molecule has 3 nitrogen and oxygen atoms in total. The van der Waals surface area contributed by atoms with Crippen molar-refractivity contribution in [3.05, 3.63) is 12.2 Å². The Balaban J connectivity index is 1.87. The molecule has 2 aliphatic rings. The van der Waals surface area contributed by atoms with Gasteiger partial charge in [0.2, 0.25) is 0 Å². The van der Waals surface area contributed by atoms with Gasteiger partial charge in [-0.2, -0.15) is 0 Å². The Morgan fingerprint density at radius 2 is 2.27 bits per heavy atom. The van der Waals surface area contributed by atoms with E-state index < -0.39 is 5.97 Å². The fourth-order valence-electron chi connectivity index (χ4n) is 2.68. The van der Waals surface area contributed by atoms with E-state index in [0.717, 1.165) is 38.8 Å². The molecular formula is C12H19NO2. The summed E-state index contributed by atoms with van der Waals surface area (Å²) in [5, 5.41) is 9.06. The van der Waals surface area contributed by atoms with Crippen LogP contribution in [0.5, 0.6) is 0 Å². The van der Waals surface area contributed by atoms with E-state index in [-0.39, 0.29) is 6.04 Å². The van der Waals surface area contributed by atoms with Gasteiger partial charge >= 0.3 is 5.97 Å². The predicted octanol–water partition coefficient (Wildman–Crippen LogP) is 1.89. The highest BCUT2D eigenvalue weighted by atomic mass is 16.4. The highest BCUT2D eigenvalue weighted by molar-refractivity contribution is 5.73. The fraction of sp³-hybridized carbons (Fsp3) is 0.750. The van der Waals surface area contributed by atoms with Crippen molar-refractivity contribution in [2.75, 3.05) is 13.1 Å². The van der Waals surface area contributed by atoms with Gasteiger partial charge in [0.15, 0.2) is 0 Å². The molecular weight excluding hydrogens is 190 g/mol. The van der Waals surface area contributed by atoms with E-state index in [2.05, 4.69) is 17.1 Å². The minimum atomic E-state index is -0.640. The largest absolute Gasteiger partial charge is 0.480 e. The zero-order valence-electron chi connectivity index (χ0n) is 9.06. The standard InChI is InChI=1S/C12H19NO2/c14-12(15)11-7-4-8-13(11)9-10-5-2-1-3-6-10/h1-2,10-11H,3-9H2,(H,14,15)/t10?,11-/m0/s1. The first kappa shape index (κ1) is 10.7. The maximum Gasteiger partial charge on any atom is 0.320 e. The molecule has 0 saturated carbocycles. The second-order valence-electron chi connectivity index (χ2n) is 4.64. The molecule has 0 aromatic carbocycles. The van der Waals surface area contributed by atoms with E-state index in [1.54, 1.807) is 0 Å². The third-order valence-corrected chi connectivity index (χ3v) is 3.52. The molecule has 0 radical (unpaired) electrons. The molecule has 1 N–H and O–H groups in total. The number of carbonyl (C=O) groups is 1. The van der Waals surface area contributed by atoms with Crippen molar-refractivity contribution < 1.29 is 9.90 Å². The molecule has 2 rings (SSSR count). The molecule has 0 amide bonds. The number of carboxylic acids is 1. The van der Waals surface area contributed by atoms with Gasteiger partial charge < -0.3 is 5.11 Å². The molecule has 1 fully saturated rings. The number of allylic oxidation sites excluding steroid dienone is 2. The summed E-state index contributed by atoms with van der Waals surface area (Å²) in [5.41, 5.74) is 0. The first-order chi connectivity index (χ1) is 7.27. The minimum Gasteiger partial charge on any atom is -0.480 e. The second kappa shape index (κ2) is 4.79. The van der Waals surface area contributed by atoms with Gasteiger partial charge in [-0.1, -0.05) is 12.2 Å². The van der Waals surface area contributed by atoms with E-state index >= 15 is 0 Å². The Hall–Kier alpha value is -0.830. The molecule has 1 saturated heterocycles. The number of rotatable bonds is 3. The highest BCUT2D eigenvalue weighted by Gasteiger charge is 2.31. The lowest BCUT2D eigenvalue weighted by atomic mass is 9.94. The third-order valence-electron chi connectivity index (χ3n) is 3.52. The van der Waals surface area contributed by atoms with Gasteiger partial charge in [0.05, 0.1) is 0 Å². The smallest absolute Gasteiger partial charge is 0.320 e. The van der Waals surface area contributed by atoms with Crippen molar-refractivity contribution in [1.29, 1.82) is 0 Å². The molecule has 0 aromatic heterocycles. The third kappa shape index (κ3) is 2.59. The van der Waals surface area contributed by atoms with E-state index in [4.69, 9.17) is 5.11 Å². The Morgan fingerprint density at radius 1 is 1.40 bits per heavy atom. The van der Waals surface area contributed by atoms with Crippen LogP contribution in [0.3, 0.4) is 0 Å². The van der Waals surface area contributed by atoms with Crippen molar-refractivity contribution >= 4 is 5.97 Å². The number of likely N-dealkylation sites (tertiary alicyclic amines) is 1. The van der Waals surface area contributed by atoms with Crippen LogP contribution in [0.2, 0.25) is 0 Å². The lowest BCUT2D eigenvalue weighted by Crippen LogP contribution is -2.39. The maximum absolute atomic E-state index is 11.0. The monoisotopic (exact) mass is 209 g/mol. The molecule has 84 valence electrons. The van der Waals surface area contributed by atoms with Gasteiger partial charge in [-0.05, 0) is 44.6 Å². The molecule has 0 spiro atoms. The maximum atomic E-state index is 11.0. The molecule has 1 aliphatic carbocycles. The summed E-state index contributed by atoms with van der Waals surface area (Å²) in [5.74, 6) is 0.0359. The summed E-state index contributed by atoms with van der Waals surface area (Å²) in [6.45, 7) is 1.94. The molecule has 0 aromatic rings. The zero-order chi connectivity index (χ0) is 10.7. The van der Waals surface area contributed by atoms with Crippen LogP contribution in [0.25, 0.3) is 0 Å². The Bertz CT molecular complexity index is 262. The Morgan fingerprint density at radius 3 is 2.93 bits per heavy atom. The summed E-state index contributed by atoms with van der Waals surface area (Å²) in [6.07, 6.45) is 9.85. The van der Waals surface area contributed by atoms with Gasteiger partial charge in [-0.15, -0.1) is 0 Å². The molecule has 3 heteroatoms. The van der Waals surface area contributed by atoms with E-state index in [0.29, 0.717) is 5.92 Å². The normalized spacial score (nSPS) is 32.0. The van der Waals surface area contributed by atoms with Crippen molar-refractivity contribution in [2.24, 2.45) is 5.92 Å². The van der Waals surface area contributed by atoms with Crippen LogP contribution in [-0.2, 0) is 4.79 Å². The van der Waals surface area contributed by atoms with Gasteiger partial charge in [-0.25, -0.2) is 0 Å². The van der Waals surface area contributed by atoms with Crippen molar-refractivity contribution in [1.82, 2.24) is 4.90 Å². The molecule has 1 aliphatic heterocycles. The average Bonchev–Trinajstić information content (AvgIpc) is 2.67. The fourth-order valence-corrected chi connectivity index (χ4v) is 2.68. The molecule has 1 heterocycles. The van der Waals surface area contributed by atoms with Crippen LogP contribution in [0.15, 0.2) is 12.2 Å². The van der Waals surface area contributed by atoms with Crippen molar-refractivity contribution in [3.8, 4) is 0 Å². The van der Waals surface area contributed by atoms with Crippen LogP contribution in [0.1, 0.15) is 32.1 Å². The van der Waals surface area contributed by atoms with Gasteiger partial charge in [-0.3, -0.25) is 9.69 Å². The Kier molecular flexibility index (Phi) is 3.41. The van der Waals surface area contributed by atoms with E-state index in [9.17, 15) is 4.79 Å². The Labute approximate surface area is 90.8 Å². The molecule has 1 unspecified atom stereocenters. The van der Waals surface area contributed by atoms with Crippen LogP contribution < -0.4 is 0 Å². The summed E-state index contributed by atoms with van der Waals surface area (Å²) < 4.78 is 0. The molecule has 15 heavy (non-hydrogen) atoms.